The number of carbonyl (C=O) groups excluding carboxylic acids is 1. The Kier molecular flexibility index (Phi) is 6.92. The Labute approximate surface area is 193 Å². The molecule has 4 rings (SSSR count). The molecule has 0 saturated heterocycles. The quantitative estimate of drug-likeness (QED) is 0.413. The van der Waals surface area contributed by atoms with Crippen LogP contribution in [0.25, 0.3) is 11.4 Å². The summed E-state index contributed by atoms with van der Waals surface area (Å²) in [6.07, 6.45) is 3.64. The summed E-state index contributed by atoms with van der Waals surface area (Å²) in [5.41, 5.74) is 3.66. The monoisotopic (exact) mass is 443 g/mol. The summed E-state index contributed by atoms with van der Waals surface area (Å²) in [6.45, 7) is 6.74. The maximum atomic E-state index is 12.8. The molecule has 1 N–H and O–H groups in total. The lowest BCUT2D eigenvalue weighted by molar-refractivity contribution is 0.0929. The van der Waals surface area contributed by atoms with Crippen LogP contribution >= 0.6 is 0 Å². The number of nitrogens with zero attached hydrogens (tertiary/aromatic N) is 6. The van der Waals surface area contributed by atoms with Crippen molar-refractivity contribution >= 4 is 5.91 Å². The van der Waals surface area contributed by atoms with Crippen LogP contribution in [0.2, 0.25) is 0 Å². The molecule has 0 radical (unpaired) electrons. The van der Waals surface area contributed by atoms with E-state index in [4.69, 9.17) is 0 Å². The smallest absolute Gasteiger partial charge is 0.272 e. The van der Waals surface area contributed by atoms with Crippen molar-refractivity contribution in [2.75, 3.05) is 0 Å². The van der Waals surface area contributed by atoms with Crippen molar-refractivity contribution in [2.45, 2.75) is 52.2 Å². The number of hydrogen-bond acceptors (Lipinski definition) is 5. The zero-order valence-electron chi connectivity index (χ0n) is 19.2. The van der Waals surface area contributed by atoms with Gasteiger partial charge in [-0.3, -0.25) is 4.79 Å². The lowest BCUT2D eigenvalue weighted by atomic mass is 9.95. The van der Waals surface area contributed by atoms with E-state index in [0.717, 1.165) is 24.0 Å². The highest BCUT2D eigenvalue weighted by Crippen LogP contribution is 2.23. The van der Waals surface area contributed by atoms with Gasteiger partial charge in [0.1, 0.15) is 5.69 Å². The minimum absolute atomic E-state index is 0.0703. The maximum absolute atomic E-state index is 12.8. The Hall–Kier alpha value is -3.81. The van der Waals surface area contributed by atoms with Crippen LogP contribution in [-0.2, 0) is 6.67 Å². The molecule has 0 spiro atoms. The summed E-state index contributed by atoms with van der Waals surface area (Å²) in [4.78, 5) is 14.3. The first-order chi connectivity index (χ1) is 16.1. The van der Waals surface area contributed by atoms with Gasteiger partial charge in [0.25, 0.3) is 5.91 Å². The second-order valence-electron chi connectivity index (χ2n) is 8.14. The van der Waals surface area contributed by atoms with E-state index in [-0.39, 0.29) is 18.6 Å². The third-order valence-corrected chi connectivity index (χ3v) is 5.86. The number of amides is 1. The third kappa shape index (κ3) is 5.34. The van der Waals surface area contributed by atoms with Crippen LogP contribution in [0, 0.1) is 0 Å². The zero-order chi connectivity index (χ0) is 23.2. The predicted molar refractivity (Wildman–Crippen MR) is 127 cm³/mol. The first-order valence-corrected chi connectivity index (χ1v) is 11.3. The zero-order valence-corrected chi connectivity index (χ0v) is 19.2. The van der Waals surface area contributed by atoms with E-state index in [1.165, 1.54) is 10.4 Å². The van der Waals surface area contributed by atoms with Gasteiger partial charge in [0.15, 0.2) is 6.67 Å². The van der Waals surface area contributed by atoms with E-state index >= 15 is 0 Å². The van der Waals surface area contributed by atoms with E-state index in [2.05, 4.69) is 70.9 Å². The highest BCUT2D eigenvalue weighted by molar-refractivity contribution is 5.92. The van der Waals surface area contributed by atoms with E-state index in [0.29, 0.717) is 17.4 Å². The first kappa shape index (κ1) is 22.4. The van der Waals surface area contributed by atoms with Gasteiger partial charge in [-0.2, -0.15) is 5.10 Å². The van der Waals surface area contributed by atoms with E-state index in [9.17, 15) is 4.79 Å². The van der Waals surface area contributed by atoms with Crippen LogP contribution in [-0.4, -0.2) is 35.9 Å². The fraction of sp³-hybridized carbons (Fsp3) is 0.320. The fourth-order valence-electron chi connectivity index (χ4n) is 3.64. The summed E-state index contributed by atoms with van der Waals surface area (Å²) >= 11 is 0. The second kappa shape index (κ2) is 10.2. The highest BCUT2D eigenvalue weighted by Gasteiger charge is 2.17. The lowest BCUT2D eigenvalue weighted by Gasteiger charge is -2.18. The van der Waals surface area contributed by atoms with Crippen LogP contribution in [0.5, 0.6) is 0 Å². The Balaban J connectivity index is 1.39. The van der Waals surface area contributed by atoms with Crippen molar-refractivity contribution in [1.82, 2.24) is 35.3 Å². The van der Waals surface area contributed by atoms with Crippen LogP contribution < -0.4 is 5.32 Å². The maximum Gasteiger partial charge on any atom is 0.272 e. The van der Waals surface area contributed by atoms with Gasteiger partial charge in [0.2, 0.25) is 5.82 Å². The second-order valence-corrected chi connectivity index (χ2v) is 8.14. The Bertz CT molecular complexity index is 1180. The molecule has 2 unspecified atom stereocenters. The minimum Gasteiger partial charge on any atom is -0.344 e. The van der Waals surface area contributed by atoms with Crippen molar-refractivity contribution in [3.05, 3.63) is 83.7 Å². The van der Waals surface area contributed by atoms with Crippen molar-refractivity contribution in [3.63, 3.8) is 0 Å². The lowest BCUT2D eigenvalue weighted by Crippen LogP contribution is -2.28. The molecule has 0 aliphatic rings. The van der Waals surface area contributed by atoms with Crippen LogP contribution in [0.1, 0.15) is 67.2 Å². The molecular formula is C25H29N7O. The molecule has 0 saturated carbocycles. The number of carbonyl (C=O) groups is 1. The number of hydrogen-bond donors (Lipinski definition) is 1. The Morgan fingerprint density at radius 2 is 1.67 bits per heavy atom. The van der Waals surface area contributed by atoms with Gasteiger partial charge in [-0.25, -0.2) is 4.68 Å². The molecule has 0 aliphatic heterocycles. The molecule has 8 nitrogen and oxygen atoms in total. The molecule has 8 heteroatoms. The minimum atomic E-state index is -0.205. The Morgan fingerprint density at radius 3 is 2.36 bits per heavy atom. The van der Waals surface area contributed by atoms with Crippen LogP contribution in [0.3, 0.4) is 0 Å². The van der Waals surface area contributed by atoms with Gasteiger partial charge in [0, 0.05) is 11.8 Å². The van der Waals surface area contributed by atoms with Gasteiger partial charge in [-0.15, -0.1) is 15.0 Å². The molecule has 0 aliphatic carbocycles. The molecule has 170 valence electrons. The van der Waals surface area contributed by atoms with Crippen molar-refractivity contribution in [1.29, 1.82) is 0 Å². The molecule has 2 aromatic heterocycles. The summed E-state index contributed by atoms with van der Waals surface area (Å²) < 4.78 is 1.62. The highest BCUT2D eigenvalue weighted by atomic mass is 16.2. The normalized spacial score (nSPS) is 12.9. The van der Waals surface area contributed by atoms with E-state index < -0.39 is 0 Å². The van der Waals surface area contributed by atoms with Crippen molar-refractivity contribution in [2.24, 2.45) is 0 Å². The number of benzene rings is 2. The summed E-state index contributed by atoms with van der Waals surface area (Å²) in [7, 11) is 0. The van der Waals surface area contributed by atoms with E-state index in [1.807, 2.05) is 30.3 Å². The predicted octanol–water partition coefficient (Wildman–Crippen LogP) is 4.44. The fourth-order valence-corrected chi connectivity index (χ4v) is 3.64. The Morgan fingerprint density at radius 1 is 0.939 bits per heavy atom. The largest absolute Gasteiger partial charge is 0.344 e. The number of nitrogens with one attached hydrogen (secondary N) is 1. The van der Waals surface area contributed by atoms with Gasteiger partial charge in [-0.05, 0) is 41.2 Å². The van der Waals surface area contributed by atoms with E-state index in [1.54, 1.807) is 16.9 Å². The number of rotatable bonds is 9. The van der Waals surface area contributed by atoms with Gasteiger partial charge in [-0.1, -0.05) is 75.4 Å². The number of tetrazole rings is 1. The average Bonchev–Trinajstić information content (AvgIpc) is 3.53. The molecule has 33 heavy (non-hydrogen) atoms. The molecular weight excluding hydrogens is 414 g/mol. The SMILES string of the molecule is CCC(C)c1ccc(C(CC)NC(=O)c2ccn(Cn3nnc(-c4ccccc4)n3)n2)cc1. The summed E-state index contributed by atoms with van der Waals surface area (Å²) in [5, 5.41) is 20.1. The molecule has 2 atom stereocenters. The third-order valence-electron chi connectivity index (χ3n) is 5.86. The molecule has 4 aromatic rings. The number of aromatic nitrogens is 6. The molecule has 1 amide bonds. The summed E-state index contributed by atoms with van der Waals surface area (Å²) in [5.74, 6) is 0.870. The standard InChI is InChI=1S/C25H29N7O/c1-4-18(3)19-11-13-20(14-12-19)22(5-2)26-25(33)23-15-16-31(28-23)17-32-29-24(27-30-32)21-9-7-6-8-10-21/h6-16,18,22H,4-5,17H2,1-3H3,(H,26,33). The van der Waals surface area contributed by atoms with Gasteiger partial charge in [0.05, 0.1) is 6.04 Å². The van der Waals surface area contributed by atoms with Crippen molar-refractivity contribution in [3.8, 4) is 11.4 Å². The summed E-state index contributed by atoms with van der Waals surface area (Å²) in [6, 6.07) is 19.8. The van der Waals surface area contributed by atoms with Gasteiger partial charge >= 0.3 is 0 Å². The molecule has 0 bridgehead atoms. The van der Waals surface area contributed by atoms with Crippen molar-refractivity contribution < 1.29 is 4.79 Å². The topological polar surface area (TPSA) is 90.5 Å². The molecule has 0 fully saturated rings. The van der Waals surface area contributed by atoms with Crippen LogP contribution in [0.4, 0.5) is 0 Å². The van der Waals surface area contributed by atoms with Gasteiger partial charge < -0.3 is 5.32 Å². The molecule has 2 heterocycles. The average molecular weight is 444 g/mol. The molecule has 2 aromatic carbocycles. The first-order valence-electron chi connectivity index (χ1n) is 11.3. The van der Waals surface area contributed by atoms with Crippen LogP contribution in [0.15, 0.2) is 66.9 Å².